The molecule has 1 amide bonds. The van der Waals surface area contributed by atoms with Crippen LogP contribution in [0.3, 0.4) is 0 Å². The molecule has 0 aromatic heterocycles. The molecule has 0 radical (unpaired) electrons. The Kier molecular flexibility index (Phi) is 2.15. The second-order valence-corrected chi connectivity index (χ2v) is 3.34. The van der Waals surface area contributed by atoms with Gasteiger partial charge in [0.1, 0.15) is 5.54 Å². The molecule has 0 aromatic rings. The maximum Gasteiger partial charge on any atom is 0.238 e. The monoisotopic (exact) mass is 157 g/mol. The first-order chi connectivity index (χ1) is 5.04. The minimum absolute atomic E-state index is 0.406. The van der Waals surface area contributed by atoms with Crippen LogP contribution in [0.25, 0.3) is 0 Å². The van der Waals surface area contributed by atoms with E-state index < -0.39 is 11.4 Å². The minimum Gasteiger partial charge on any atom is -0.368 e. The van der Waals surface area contributed by atoms with Crippen molar-refractivity contribution in [2.24, 2.45) is 11.5 Å². The number of rotatable bonds is 1. The summed E-state index contributed by atoms with van der Waals surface area (Å²) in [5, 5.41) is 3.13. The summed E-state index contributed by atoms with van der Waals surface area (Å²) in [5.74, 6) is -0.406. The fourth-order valence-corrected chi connectivity index (χ4v) is 1.23. The van der Waals surface area contributed by atoms with Gasteiger partial charge in [-0.1, -0.05) is 0 Å². The molecule has 2 atom stereocenters. The molecule has 1 aliphatic heterocycles. The van der Waals surface area contributed by atoms with Gasteiger partial charge < -0.3 is 16.8 Å². The molecule has 0 bridgehead atoms. The molecule has 2 unspecified atom stereocenters. The molecule has 1 heterocycles. The molecule has 1 rings (SSSR count). The fraction of sp³-hybridized carbons (Fsp3) is 0.857. The average Bonchev–Trinajstić information content (AvgIpc) is 1.95. The van der Waals surface area contributed by atoms with E-state index in [4.69, 9.17) is 11.5 Å². The summed E-state index contributed by atoms with van der Waals surface area (Å²) < 4.78 is 0. The number of piperidine rings is 1. The van der Waals surface area contributed by atoms with Crippen LogP contribution in [-0.4, -0.2) is 24.0 Å². The molecule has 1 aliphatic rings. The van der Waals surface area contributed by atoms with Gasteiger partial charge in [-0.05, 0) is 19.8 Å². The lowest BCUT2D eigenvalue weighted by atomic mass is 9.88. The van der Waals surface area contributed by atoms with Crippen molar-refractivity contribution in [3.05, 3.63) is 0 Å². The molecule has 4 heteroatoms. The number of primary amides is 1. The highest BCUT2D eigenvalue weighted by Crippen LogP contribution is 2.15. The topological polar surface area (TPSA) is 81.1 Å². The third-order valence-electron chi connectivity index (χ3n) is 2.28. The van der Waals surface area contributed by atoms with E-state index in [9.17, 15) is 4.79 Å². The number of hydrogen-bond donors (Lipinski definition) is 3. The van der Waals surface area contributed by atoms with Crippen molar-refractivity contribution >= 4 is 5.91 Å². The first kappa shape index (κ1) is 8.49. The Balaban J connectivity index is 2.55. The molecule has 0 aromatic carbocycles. The highest BCUT2D eigenvalue weighted by Gasteiger charge is 2.35. The predicted molar refractivity (Wildman–Crippen MR) is 42.8 cm³/mol. The maximum absolute atomic E-state index is 10.8. The summed E-state index contributed by atoms with van der Waals surface area (Å²) in [6, 6.07) is 0.450. The van der Waals surface area contributed by atoms with Crippen molar-refractivity contribution < 1.29 is 4.79 Å². The largest absolute Gasteiger partial charge is 0.368 e. The van der Waals surface area contributed by atoms with Crippen LogP contribution in [0.5, 0.6) is 0 Å². The van der Waals surface area contributed by atoms with Gasteiger partial charge in [-0.2, -0.15) is 0 Å². The van der Waals surface area contributed by atoms with Crippen molar-refractivity contribution in [2.75, 3.05) is 6.54 Å². The lowest BCUT2D eigenvalue weighted by Gasteiger charge is -2.33. The van der Waals surface area contributed by atoms with Gasteiger partial charge in [-0.25, -0.2) is 0 Å². The third-order valence-corrected chi connectivity index (χ3v) is 2.28. The number of carbonyl (C=O) groups is 1. The van der Waals surface area contributed by atoms with E-state index in [1.165, 1.54) is 0 Å². The summed E-state index contributed by atoms with van der Waals surface area (Å²) in [7, 11) is 0. The molecule has 11 heavy (non-hydrogen) atoms. The zero-order valence-corrected chi connectivity index (χ0v) is 6.76. The highest BCUT2D eigenvalue weighted by atomic mass is 16.1. The first-order valence-corrected chi connectivity index (χ1v) is 3.87. The highest BCUT2D eigenvalue weighted by molar-refractivity contribution is 5.84. The summed E-state index contributed by atoms with van der Waals surface area (Å²) in [6.45, 7) is 2.57. The van der Waals surface area contributed by atoms with E-state index >= 15 is 0 Å². The molecule has 0 spiro atoms. The van der Waals surface area contributed by atoms with Gasteiger partial charge in [0.05, 0.1) is 0 Å². The van der Waals surface area contributed by atoms with Crippen LogP contribution in [0.1, 0.15) is 19.8 Å². The zero-order chi connectivity index (χ0) is 8.48. The summed E-state index contributed by atoms with van der Waals surface area (Å²) in [5.41, 5.74) is 10.1. The number of amides is 1. The van der Waals surface area contributed by atoms with E-state index in [0.717, 1.165) is 6.42 Å². The van der Waals surface area contributed by atoms with E-state index in [0.29, 0.717) is 19.0 Å². The molecular weight excluding hydrogens is 142 g/mol. The lowest BCUT2D eigenvalue weighted by molar-refractivity contribution is -0.123. The van der Waals surface area contributed by atoms with Gasteiger partial charge in [0.15, 0.2) is 0 Å². The van der Waals surface area contributed by atoms with Gasteiger partial charge in [0, 0.05) is 12.6 Å². The SMILES string of the molecule is CC1CCC(N)(C(N)=O)CN1. The molecular formula is C7H15N3O. The molecule has 1 saturated heterocycles. The van der Waals surface area contributed by atoms with Crippen LogP contribution < -0.4 is 16.8 Å². The van der Waals surface area contributed by atoms with Gasteiger partial charge in [0.25, 0.3) is 0 Å². The Hall–Kier alpha value is -0.610. The van der Waals surface area contributed by atoms with Crippen molar-refractivity contribution in [1.82, 2.24) is 5.32 Å². The zero-order valence-electron chi connectivity index (χ0n) is 6.76. The quantitative estimate of drug-likeness (QED) is 0.454. The molecule has 5 N–H and O–H groups in total. The van der Waals surface area contributed by atoms with Gasteiger partial charge in [-0.15, -0.1) is 0 Å². The first-order valence-electron chi connectivity index (χ1n) is 3.87. The van der Waals surface area contributed by atoms with Crippen LogP contribution >= 0.6 is 0 Å². The summed E-state index contributed by atoms with van der Waals surface area (Å²) >= 11 is 0. The second-order valence-electron chi connectivity index (χ2n) is 3.34. The van der Waals surface area contributed by atoms with Gasteiger partial charge in [-0.3, -0.25) is 4.79 Å². The molecule has 0 saturated carbocycles. The maximum atomic E-state index is 10.8. The number of hydrogen-bond acceptors (Lipinski definition) is 3. The van der Waals surface area contributed by atoms with Crippen LogP contribution in [0.2, 0.25) is 0 Å². The smallest absolute Gasteiger partial charge is 0.238 e. The Morgan fingerprint density at radius 1 is 1.73 bits per heavy atom. The van der Waals surface area contributed by atoms with Gasteiger partial charge >= 0.3 is 0 Å². The van der Waals surface area contributed by atoms with Gasteiger partial charge in [0.2, 0.25) is 5.91 Å². The van der Waals surface area contributed by atoms with E-state index in [1.807, 2.05) is 0 Å². The number of nitrogens with two attached hydrogens (primary N) is 2. The molecule has 0 aliphatic carbocycles. The second kappa shape index (κ2) is 2.79. The Labute approximate surface area is 66.3 Å². The molecule has 1 fully saturated rings. The Morgan fingerprint density at radius 3 is 2.73 bits per heavy atom. The van der Waals surface area contributed by atoms with Crippen molar-refractivity contribution in [3.63, 3.8) is 0 Å². The lowest BCUT2D eigenvalue weighted by Crippen LogP contribution is -2.62. The summed E-state index contributed by atoms with van der Waals surface area (Å²) in [6.07, 6.45) is 1.61. The predicted octanol–water partition coefficient (Wildman–Crippen LogP) is -1.06. The summed E-state index contributed by atoms with van der Waals surface area (Å²) in [4.78, 5) is 10.8. The molecule has 64 valence electrons. The van der Waals surface area contributed by atoms with Crippen LogP contribution in [0.4, 0.5) is 0 Å². The normalized spacial score (nSPS) is 38.5. The standard InChI is InChI=1S/C7H15N3O/c1-5-2-3-7(9,4-10-5)6(8)11/h5,10H,2-4,9H2,1H3,(H2,8,11). The van der Waals surface area contributed by atoms with E-state index in [1.54, 1.807) is 0 Å². The third kappa shape index (κ3) is 1.70. The van der Waals surface area contributed by atoms with Crippen LogP contribution in [0, 0.1) is 0 Å². The van der Waals surface area contributed by atoms with E-state index in [2.05, 4.69) is 12.2 Å². The Bertz CT molecular complexity index is 161. The Morgan fingerprint density at radius 2 is 2.36 bits per heavy atom. The van der Waals surface area contributed by atoms with Crippen molar-refractivity contribution in [3.8, 4) is 0 Å². The minimum atomic E-state index is -0.813. The van der Waals surface area contributed by atoms with Crippen molar-refractivity contribution in [2.45, 2.75) is 31.3 Å². The average molecular weight is 157 g/mol. The van der Waals surface area contributed by atoms with Crippen LogP contribution in [-0.2, 0) is 4.79 Å². The molecule has 4 nitrogen and oxygen atoms in total. The number of carbonyl (C=O) groups excluding carboxylic acids is 1. The van der Waals surface area contributed by atoms with Crippen LogP contribution in [0.15, 0.2) is 0 Å². The number of nitrogens with one attached hydrogen (secondary N) is 1. The van der Waals surface area contributed by atoms with E-state index in [-0.39, 0.29) is 0 Å². The van der Waals surface area contributed by atoms with Crippen molar-refractivity contribution in [1.29, 1.82) is 0 Å². The fourth-order valence-electron chi connectivity index (χ4n) is 1.23.